The van der Waals surface area contributed by atoms with Crippen molar-refractivity contribution in [3.63, 3.8) is 0 Å². The van der Waals surface area contributed by atoms with E-state index in [1.165, 1.54) is 10.4 Å². The molecule has 2 aromatic carbocycles. The first-order valence-corrected chi connectivity index (χ1v) is 12.4. The maximum absolute atomic E-state index is 12.7. The van der Waals surface area contributed by atoms with Gasteiger partial charge in [-0.3, -0.25) is 9.59 Å². The van der Waals surface area contributed by atoms with E-state index in [1.807, 2.05) is 30.3 Å². The molecule has 0 aliphatic carbocycles. The van der Waals surface area contributed by atoms with Crippen LogP contribution >= 0.6 is 0 Å². The van der Waals surface area contributed by atoms with Crippen LogP contribution in [0.3, 0.4) is 0 Å². The van der Waals surface area contributed by atoms with E-state index in [-0.39, 0.29) is 22.3 Å². The van der Waals surface area contributed by atoms with E-state index in [4.69, 9.17) is 0 Å². The van der Waals surface area contributed by atoms with Gasteiger partial charge in [0, 0.05) is 37.8 Å². The minimum absolute atomic E-state index is 0.0449. The zero-order valence-corrected chi connectivity index (χ0v) is 19.1. The standard InChI is InChI=1S/C25H27N3O4S/c29-24-8-4-5-15-27(24)19-21-11-9-20(10-12-21)18-26-25(30)22-13-16-28(17-14-22)33(31,32)23-6-2-1-3-7-23/h1-12,15,22H,13-14,16-19H2,(H,26,30). The molecule has 1 amide bonds. The highest BCUT2D eigenvalue weighted by atomic mass is 32.2. The monoisotopic (exact) mass is 465 g/mol. The highest BCUT2D eigenvalue weighted by Gasteiger charge is 2.31. The molecule has 0 radical (unpaired) electrons. The lowest BCUT2D eigenvalue weighted by Gasteiger charge is -2.30. The molecule has 1 fully saturated rings. The largest absolute Gasteiger partial charge is 0.352 e. The third-order valence-corrected chi connectivity index (χ3v) is 7.86. The lowest BCUT2D eigenvalue weighted by atomic mass is 9.97. The van der Waals surface area contributed by atoms with Crippen LogP contribution < -0.4 is 10.9 Å². The molecule has 4 rings (SSSR count). The third kappa shape index (κ3) is 5.58. The number of sulfonamides is 1. The van der Waals surface area contributed by atoms with E-state index in [0.29, 0.717) is 39.0 Å². The summed E-state index contributed by atoms with van der Waals surface area (Å²) in [5, 5.41) is 2.97. The van der Waals surface area contributed by atoms with Crippen LogP contribution in [0.1, 0.15) is 24.0 Å². The number of hydrogen-bond acceptors (Lipinski definition) is 4. The van der Waals surface area contributed by atoms with Crippen LogP contribution in [0.5, 0.6) is 0 Å². The second-order valence-corrected chi connectivity index (χ2v) is 10.1. The molecule has 0 saturated carbocycles. The van der Waals surface area contributed by atoms with Crippen molar-refractivity contribution in [2.24, 2.45) is 5.92 Å². The first-order valence-electron chi connectivity index (χ1n) is 11.0. The van der Waals surface area contributed by atoms with Crippen molar-refractivity contribution in [1.29, 1.82) is 0 Å². The van der Waals surface area contributed by atoms with Crippen LogP contribution in [0.25, 0.3) is 0 Å². The predicted molar refractivity (Wildman–Crippen MR) is 126 cm³/mol. The summed E-state index contributed by atoms with van der Waals surface area (Å²) in [5.74, 6) is -0.247. The Morgan fingerprint density at radius 3 is 2.18 bits per heavy atom. The molecule has 1 aliphatic heterocycles. The van der Waals surface area contributed by atoms with Gasteiger partial charge in [-0.05, 0) is 42.2 Å². The van der Waals surface area contributed by atoms with Crippen LogP contribution in [-0.2, 0) is 27.9 Å². The van der Waals surface area contributed by atoms with Crippen LogP contribution in [-0.4, -0.2) is 36.3 Å². The fourth-order valence-electron chi connectivity index (χ4n) is 3.98. The fourth-order valence-corrected chi connectivity index (χ4v) is 5.47. The van der Waals surface area contributed by atoms with Crippen LogP contribution in [0.15, 0.2) is 88.7 Å². The van der Waals surface area contributed by atoms with Gasteiger partial charge >= 0.3 is 0 Å². The van der Waals surface area contributed by atoms with Gasteiger partial charge in [0.25, 0.3) is 5.56 Å². The average Bonchev–Trinajstić information content (AvgIpc) is 2.85. The Morgan fingerprint density at radius 2 is 1.52 bits per heavy atom. The molecule has 1 N–H and O–H groups in total. The second-order valence-electron chi connectivity index (χ2n) is 8.19. The number of carbonyl (C=O) groups is 1. The molecule has 1 aliphatic rings. The predicted octanol–water partition coefficient (Wildman–Crippen LogP) is 2.61. The van der Waals surface area contributed by atoms with Gasteiger partial charge in [0.15, 0.2) is 0 Å². The Labute approximate surface area is 193 Å². The van der Waals surface area contributed by atoms with E-state index in [0.717, 1.165) is 11.1 Å². The van der Waals surface area contributed by atoms with E-state index < -0.39 is 10.0 Å². The van der Waals surface area contributed by atoms with Crippen molar-refractivity contribution in [2.45, 2.75) is 30.8 Å². The highest BCUT2D eigenvalue weighted by Crippen LogP contribution is 2.24. The quantitative estimate of drug-likeness (QED) is 0.581. The lowest BCUT2D eigenvalue weighted by Crippen LogP contribution is -2.42. The van der Waals surface area contributed by atoms with Crippen molar-refractivity contribution in [3.05, 3.63) is 100 Å². The molecule has 1 saturated heterocycles. The topological polar surface area (TPSA) is 88.5 Å². The zero-order valence-electron chi connectivity index (χ0n) is 18.3. The van der Waals surface area contributed by atoms with E-state index in [2.05, 4.69) is 5.32 Å². The smallest absolute Gasteiger partial charge is 0.250 e. The molecule has 0 bridgehead atoms. The molecule has 7 nitrogen and oxygen atoms in total. The van der Waals surface area contributed by atoms with Gasteiger partial charge in [-0.25, -0.2) is 8.42 Å². The molecule has 3 aromatic rings. The molecule has 0 spiro atoms. The van der Waals surface area contributed by atoms with Gasteiger partial charge in [-0.1, -0.05) is 48.5 Å². The maximum Gasteiger partial charge on any atom is 0.250 e. The molecule has 8 heteroatoms. The fraction of sp³-hybridized carbons (Fsp3) is 0.280. The Balaban J connectivity index is 1.27. The second kappa shape index (κ2) is 10.1. The Morgan fingerprint density at radius 1 is 0.879 bits per heavy atom. The summed E-state index contributed by atoms with van der Waals surface area (Å²) in [5.41, 5.74) is 1.93. The summed E-state index contributed by atoms with van der Waals surface area (Å²) < 4.78 is 28.6. The zero-order chi connectivity index (χ0) is 23.3. The number of amides is 1. The normalized spacial score (nSPS) is 15.3. The molecule has 0 atom stereocenters. The van der Waals surface area contributed by atoms with E-state index >= 15 is 0 Å². The summed E-state index contributed by atoms with van der Waals surface area (Å²) in [6.45, 7) is 1.58. The number of benzene rings is 2. The van der Waals surface area contributed by atoms with Crippen molar-refractivity contribution in [3.8, 4) is 0 Å². The van der Waals surface area contributed by atoms with Crippen molar-refractivity contribution >= 4 is 15.9 Å². The summed E-state index contributed by atoms with van der Waals surface area (Å²) in [6.07, 6.45) is 2.76. The number of carbonyl (C=O) groups excluding carboxylic acids is 1. The minimum Gasteiger partial charge on any atom is -0.352 e. The molecular weight excluding hydrogens is 438 g/mol. The van der Waals surface area contributed by atoms with Crippen LogP contribution in [0.4, 0.5) is 0 Å². The van der Waals surface area contributed by atoms with Crippen molar-refractivity contribution < 1.29 is 13.2 Å². The van der Waals surface area contributed by atoms with Gasteiger partial charge in [0.05, 0.1) is 11.4 Å². The van der Waals surface area contributed by atoms with Gasteiger partial charge in [-0.2, -0.15) is 4.31 Å². The third-order valence-electron chi connectivity index (χ3n) is 5.95. The number of hydrogen-bond donors (Lipinski definition) is 1. The van der Waals surface area contributed by atoms with Gasteiger partial charge in [0.1, 0.15) is 0 Å². The van der Waals surface area contributed by atoms with E-state index in [1.54, 1.807) is 47.2 Å². The summed E-state index contributed by atoms with van der Waals surface area (Å²) >= 11 is 0. The molecule has 0 unspecified atom stereocenters. The first kappa shape index (κ1) is 22.9. The number of nitrogens with zero attached hydrogens (tertiary/aromatic N) is 2. The number of pyridine rings is 1. The molecule has 2 heterocycles. The van der Waals surface area contributed by atoms with Crippen molar-refractivity contribution in [1.82, 2.24) is 14.2 Å². The van der Waals surface area contributed by atoms with Gasteiger partial charge < -0.3 is 9.88 Å². The molecule has 33 heavy (non-hydrogen) atoms. The highest BCUT2D eigenvalue weighted by molar-refractivity contribution is 7.89. The minimum atomic E-state index is -3.52. The van der Waals surface area contributed by atoms with Crippen molar-refractivity contribution in [2.75, 3.05) is 13.1 Å². The maximum atomic E-state index is 12.7. The summed E-state index contributed by atoms with van der Waals surface area (Å²) in [7, 11) is -3.52. The number of nitrogens with one attached hydrogen (secondary N) is 1. The number of rotatable bonds is 7. The van der Waals surface area contributed by atoms with Crippen LogP contribution in [0, 0.1) is 5.92 Å². The average molecular weight is 466 g/mol. The van der Waals surface area contributed by atoms with Crippen LogP contribution in [0.2, 0.25) is 0 Å². The Hall–Kier alpha value is -3.23. The Bertz CT molecular complexity index is 1250. The summed E-state index contributed by atoms with van der Waals surface area (Å²) in [4.78, 5) is 24.8. The van der Waals surface area contributed by atoms with Gasteiger partial charge in [0.2, 0.25) is 15.9 Å². The Kier molecular flexibility index (Phi) is 7.05. The molecular formula is C25H27N3O4S. The molecule has 172 valence electrons. The van der Waals surface area contributed by atoms with E-state index in [9.17, 15) is 18.0 Å². The number of aromatic nitrogens is 1. The summed E-state index contributed by atoms with van der Waals surface area (Å²) in [6, 6.07) is 21.3. The molecule has 1 aromatic heterocycles. The van der Waals surface area contributed by atoms with Gasteiger partial charge in [-0.15, -0.1) is 0 Å². The SMILES string of the molecule is O=C(NCc1ccc(Cn2ccccc2=O)cc1)C1CCN(S(=O)(=O)c2ccccc2)CC1. The lowest BCUT2D eigenvalue weighted by molar-refractivity contribution is -0.126. The first-order chi connectivity index (χ1) is 15.9. The number of piperidine rings is 1.